The predicted octanol–water partition coefficient (Wildman–Crippen LogP) is 3.34. The fourth-order valence-electron chi connectivity index (χ4n) is 2.74. The Morgan fingerprint density at radius 3 is 2.17 bits per heavy atom. The van der Waals surface area contributed by atoms with E-state index in [0.29, 0.717) is 6.42 Å². The van der Waals surface area contributed by atoms with Crippen molar-refractivity contribution in [2.45, 2.75) is 77.7 Å². The van der Waals surface area contributed by atoms with E-state index in [1.807, 2.05) is 27.7 Å². The molecule has 0 bridgehead atoms. The molecule has 1 rings (SSSR count). The van der Waals surface area contributed by atoms with Gasteiger partial charge in [0, 0.05) is 7.05 Å². The molecule has 1 saturated carbocycles. The molecule has 0 aromatic heterocycles. The molecular weight excluding hydrogens is 298 g/mol. The highest BCUT2D eigenvalue weighted by atomic mass is 16.6. The Balaban J connectivity index is 2.51. The van der Waals surface area contributed by atoms with Crippen LogP contribution in [0.3, 0.4) is 0 Å². The maximum absolute atomic E-state index is 12.1. The first-order valence-electron chi connectivity index (χ1n) is 8.37. The number of carbonyl (C=O) groups excluding carboxylic acids is 2. The van der Waals surface area contributed by atoms with Gasteiger partial charge in [0.1, 0.15) is 11.8 Å². The van der Waals surface area contributed by atoms with Crippen LogP contribution >= 0.6 is 0 Å². The summed E-state index contributed by atoms with van der Waals surface area (Å²) in [6.07, 6.45) is 3.19. The van der Waals surface area contributed by atoms with Crippen LogP contribution in [-0.2, 0) is 19.0 Å². The van der Waals surface area contributed by atoms with Gasteiger partial charge in [0.2, 0.25) is 0 Å². The summed E-state index contributed by atoms with van der Waals surface area (Å²) in [4.78, 5) is 25.2. The third-order valence-corrected chi connectivity index (χ3v) is 4.02. The fraction of sp³-hybridized carbons (Fsp3) is 0.882. The molecule has 1 fully saturated rings. The Kier molecular flexibility index (Phi) is 7.32. The lowest BCUT2D eigenvalue weighted by Gasteiger charge is -2.34. The first kappa shape index (κ1) is 19.7. The second-order valence-electron chi connectivity index (χ2n) is 7.09. The van der Waals surface area contributed by atoms with Gasteiger partial charge in [-0.1, -0.05) is 6.92 Å². The van der Waals surface area contributed by atoms with Crippen LogP contribution in [-0.4, -0.2) is 49.1 Å². The molecule has 1 atom stereocenters. The quantitative estimate of drug-likeness (QED) is 0.572. The molecule has 6 nitrogen and oxygen atoms in total. The largest absolute Gasteiger partial charge is 0.469 e. The average Bonchev–Trinajstić information content (AvgIpc) is 2.50. The van der Waals surface area contributed by atoms with E-state index in [0.717, 1.165) is 25.7 Å². The predicted molar refractivity (Wildman–Crippen MR) is 86.9 cm³/mol. The second-order valence-corrected chi connectivity index (χ2v) is 7.09. The third kappa shape index (κ3) is 6.37. The normalized spacial score (nSPS) is 23.0. The van der Waals surface area contributed by atoms with Crippen molar-refractivity contribution in [3.8, 4) is 0 Å². The fourth-order valence-corrected chi connectivity index (χ4v) is 2.74. The molecule has 0 aromatic rings. The number of esters is 1. The van der Waals surface area contributed by atoms with Crippen molar-refractivity contribution in [3.63, 3.8) is 0 Å². The first-order valence-corrected chi connectivity index (χ1v) is 8.37. The SMILES string of the molecule is CC[C@H](OC1CCC(C(=O)OC)CC1)N(C)C(=O)OC(C)(C)C. The number of rotatable bonds is 5. The summed E-state index contributed by atoms with van der Waals surface area (Å²) in [6.45, 7) is 7.50. The van der Waals surface area contributed by atoms with Crippen LogP contribution in [0.15, 0.2) is 0 Å². The van der Waals surface area contributed by atoms with Crippen LogP contribution in [0.5, 0.6) is 0 Å². The molecule has 6 heteroatoms. The molecule has 0 spiro atoms. The van der Waals surface area contributed by atoms with Gasteiger partial charge in [-0.3, -0.25) is 9.69 Å². The van der Waals surface area contributed by atoms with Crippen LogP contribution < -0.4 is 0 Å². The number of amides is 1. The van der Waals surface area contributed by atoms with Crippen molar-refractivity contribution in [1.29, 1.82) is 0 Å². The van der Waals surface area contributed by atoms with E-state index in [1.54, 1.807) is 7.05 Å². The smallest absolute Gasteiger partial charge is 0.412 e. The third-order valence-electron chi connectivity index (χ3n) is 4.02. The number of ether oxygens (including phenoxy) is 3. The van der Waals surface area contributed by atoms with Gasteiger partial charge >= 0.3 is 12.1 Å². The van der Waals surface area contributed by atoms with E-state index in [9.17, 15) is 9.59 Å². The summed E-state index contributed by atoms with van der Waals surface area (Å²) in [5.74, 6) is -0.162. The topological polar surface area (TPSA) is 65.1 Å². The zero-order valence-electron chi connectivity index (χ0n) is 15.3. The number of hydrogen-bond donors (Lipinski definition) is 0. The number of hydrogen-bond acceptors (Lipinski definition) is 5. The summed E-state index contributed by atoms with van der Waals surface area (Å²) in [7, 11) is 3.12. The van der Waals surface area contributed by atoms with Gasteiger partial charge < -0.3 is 14.2 Å². The van der Waals surface area contributed by atoms with Crippen LogP contribution in [0.1, 0.15) is 59.8 Å². The lowest BCUT2D eigenvalue weighted by atomic mass is 9.87. The standard InChI is InChI=1S/C17H31NO5/c1-7-14(18(5)16(20)23-17(2,3)4)22-13-10-8-12(9-11-13)15(19)21-6/h12-14H,7-11H2,1-6H3/t12?,13?,14-/m0/s1. The molecule has 0 radical (unpaired) electrons. The monoisotopic (exact) mass is 329 g/mol. The summed E-state index contributed by atoms with van der Waals surface area (Å²) < 4.78 is 16.2. The highest BCUT2D eigenvalue weighted by molar-refractivity contribution is 5.72. The van der Waals surface area contributed by atoms with Gasteiger partial charge in [-0.2, -0.15) is 0 Å². The number of nitrogens with zero attached hydrogens (tertiary/aromatic N) is 1. The number of carbonyl (C=O) groups is 2. The van der Waals surface area contributed by atoms with E-state index in [-0.39, 0.29) is 30.3 Å². The van der Waals surface area contributed by atoms with Crippen LogP contribution in [0.4, 0.5) is 4.79 Å². The zero-order chi connectivity index (χ0) is 17.6. The number of methoxy groups -OCH3 is 1. The Labute approximate surface area is 139 Å². The maximum atomic E-state index is 12.1. The lowest BCUT2D eigenvalue weighted by molar-refractivity contribution is -0.149. The van der Waals surface area contributed by atoms with Crippen LogP contribution in [0.2, 0.25) is 0 Å². The van der Waals surface area contributed by atoms with E-state index in [1.165, 1.54) is 12.0 Å². The van der Waals surface area contributed by atoms with Crippen molar-refractivity contribution in [2.24, 2.45) is 5.92 Å². The lowest BCUT2D eigenvalue weighted by Crippen LogP contribution is -2.44. The summed E-state index contributed by atoms with van der Waals surface area (Å²) >= 11 is 0. The van der Waals surface area contributed by atoms with Crippen LogP contribution in [0.25, 0.3) is 0 Å². The molecule has 1 aliphatic carbocycles. The highest BCUT2D eigenvalue weighted by Crippen LogP contribution is 2.28. The molecule has 1 aliphatic rings. The van der Waals surface area contributed by atoms with E-state index < -0.39 is 5.60 Å². The molecular formula is C17H31NO5. The van der Waals surface area contributed by atoms with Crippen LogP contribution in [0, 0.1) is 5.92 Å². The highest BCUT2D eigenvalue weighted by Gasteiger charge is 2.31. The average molecular weight is 329 g/mol. The summed E-state index contributed by atoms with van der Waals surface area (Å²) in [5, 5.41) is 0. The van der Waals surface area contributed by atoms with Gasteiger partial charge in [-0.25, -0.2) is 4.79 Å². The van der Waals surface area contributed by atoms with Gasteiger partial charge in [0.05, 0.1) is 19.1 Å². The second kappa shape index (κ2) is 8.52. The molecule has 0 N–H and O–H groups in total. The van der Waals surface area contributed by atoms with Crippen molar-refractivity contribution >= 4 is 12.1 Å². The Hall–Kier alpha value is -1.30. The molecule has 0 aromatic carbocycles. The molecule has 134 valence electrons. The van der Waals surface area contributed by atoms with Gasteiger partial charge in [0.15, 0.2) is 0 Å². The Morgan fingerprint density at radius 1 is 1.17 bits per heavy atom. The zero-order valence-corrected chi connectivity index (χ0v) is 15.3. The molecule has 0 heterocycles. The summed E-state index contributed by atoms with van der Waals surface area (Å²) in [5.41, 5.74) is -0.526. The minimum Gasteiger partial charge on any atom is -0.469 e. The maximum Gasteiger partial charge on any atom is 0.412 e. The van der Waals surface area contributed by atoms with Crippen molar-refractivity contribution in [2.75, 3.05) is 14.2 Å². The summed E-state index contributed by atoms with van der Waals surface area (Å²) in [6, 6.07) is 0. The molecule has 23 heavy (non-hydrogen) atoms. The molecule has 0 unspecified atom stereocenters. The van der Waals surface area contributed by atoms with Gasteiger partial charge in [-0.05, 0) is 52.9 Å². The molecule has 1 amide bonds. The van der Waals surface area contributed by atoms with E-state index in [2.05, 4.69) is 0 Å². The van der Waals surface area contributed by atoms with E-state index >= 15 is 0 Å². The van der Waals surface area contributed by atoms with Crippen molar-refractivity contribution < 1.29 is 23.8 Å². The van der Waals surface area contributed by atoms with Crippen molar-refractivity contribution in [3.05, 3.63) is 0 Å². The minimum atomic E-state index is -0.526. The Morgan fingerprint density at radius 2 is 1.74 bits per heavy atom. The van der Waals surface area contributed by atoms with Gasteiger partial charge in [0.25, 0.3) is 0 Å². The first-order chi connectivity index (χ1) is 10.7. The van der Waals surface area contributed by atoms with Gasteiger partial charge in [-0.15, -0.1) is 0 Å². The Bertz CT molecular complexity index is 396. The molecule has 0 saturated heterocycles. The molecule has 0 aliphatic heterocycles. The minimum absolute atomic E-state index is 0.0245. The van der Waals surface area contributed by atoms with Crippen molar-refractivity contribution in [1.82, 2.24) is 4.90 Å². The van der Waals surface area contributed by atoms with E-state index in [4.69, 9.17) is 14.2 Å².